The lowest BCUT2D eigenvalue weighted by Gasteiger charge is -2.39. The van der Waals surface area contributed by atoms with Crippen LogP contribution in [0.25, 0.3) is 0 Å². The van der Waals surface area contributed by atoms with Crippen LogP contribution in [0.1, 0.15) is 39.7 Å². The lowest BCUT2D eigenvalue weighted by atomic mass is 9.76. The van der Waals surface area contributed by atoms with E-state index in [0.717, 1.165) is 5.56 Å². The van der Waals surface area contributed by atoms with E-state index in [1.54, 1.807) is 6.92 Å². The molecule has 1 aliphatic rings. The van der Waals surface area contributed by atoms with Crippen LogP contribution < -0.4 is 4.90 Å². The first-order chi connectivity index (χ1) is 12.3. The number of carbonyl (C=O) groups is 1. The maximum Gasteiger partial charge on any atom is 0.421 e. The third-order valence-corrected chi connectivity index (χ3v) is 7.11. The average Bonchev–Trinajstić information content (AvgIpc) is 2.62. The molecule has 0 saturated carbocycles. The highest BCUT2D eigenvalue weighted by Gasteiger charge is 2.40. The van der Waals surface area contributed by atoms with Crippen molar-refractivity contribution in [2.45, 2.75) is 39.5 Å². The highest BCUT2D eigenvalue weighted by molar-refractivity contribution is 7.59. The van der Waals surface area contributed by atoms with Crippen LogP contribution in [0.2, 0.25) is 0 Å². The summed E-state index contributed by atoms with van der Waals surface area (Å²) >= 11 is 0. The minimum atomic E-state index is -2.88. The Morgan fingerprint density at radius 2 is 1.92 bits per heavy atom. The Labute approximate surface area is 156 Å². The Balaban J connectivity index is 2.63. The number of hydrogen-bond acceptors (Lipinski definition) is 4. The Kier molecular flexibility index (Phi) is 6.35. The standard InChI is InChI=1S/C20H28NO4P/c1-6-14-20(5)15-18(25-26(23,8-3)9-4)21(19(22)24-7-2)17-13-11-10-12-16(17)20/h6,10-13,15H,1,7-9,14H2,2-5H3. The Hall–Kier alpha value is -2.00. The van der Waals surface area contributed by atoms with Crippen LogP contribution in [0.3, 0.4) is 0 Å². The van der Waals surface area contributed by atoms with Gasteiger partial charge in [0.1, 0.15) is 0 Å². The molecule has 0 saturated heterocycles. The third kappa shape index (κ3) is 3.88. The summed E-state index contributed by atoms with van der Waals surface area (Å²) in [4.78, 5) is 14.1. The molecule has 2 rings (SSSR count). The van der Waals surface area contributed by atoms with Crippen LogP contribution in [-0.4, -0.2) is 25.0 Å². The van der Waals surface area contributed by atoms with Gasteiger partial charge in [0.15, 0.2) is 0 Å². The molecule has 1 aromatic carbocycles. The number of rotatable bonds is 7. The van der Waals surface area contributed by atoms with Crippen molar-refractivity contribution in [2.24, 2.45) is 0 Å². The van der Waals surface area contributed by atoms with Crippen LogP contribution in [-0.2, 0) is 19.2 Å². The first-order valence-corrected chi connectivity index (χ1v) is 11.0. The lowest BCUT2D eigenvalue weighted by molar-refractivity contribution is 0.158. The van der Waals surface area contributed by atoms with E-state index < -0.39 is 18.9 Å². The van der Waals surface area contributed by atoms with Crippen LogP contribution in [0, 0.1) is 0 Å². The summed E-state index contributed by atoms with van der Waals surface area (Å²) in [6.45, 7) is 11.6. The van der Waals surface area contributed by atoms with Gasteiger partial charge in [0.25, 0.3) is 0 Å². The normalized spacial score (nSPS) is 19.4. The molecule has 0 spiro atoms. The molecule has 0 fully saturated rings. The van der Waals surface area contributed by atoms with E-state index in [-0.39, 0.29) is 12.5 Å². The van der Waals surface area contributed by atoms with E-state index >= 15 is 0 Å². The zero-order chi connectivity index (χ0) is 19.4. The van der Waals surface area contributed by atoms with E-state index in [4.69, 9.17) is 9.26 Å². The Bertz CT molecular complexity index is 750. The van der Waals surface area contributed by atoms with Gasteiger partial charge in [-0.2, -0.15) is 0 Å². The number of amides is 1. The minimum absolute atomic E-state index is 0.244. The van der Waals surface area contributed by atoms with Crippen LogP contribution >= 0.6 is 7.37 Å². The average molecular weight is 377 g/mol. The van der Waals surface area contributed by atoms with Gasteiger partial charge in [-0.3, -0.25) is 4.57 Å². The molecule has 0 radical (unpaired) electrons. The zero-order valence-electron chi connectivity index (χ0n) is 16.0. The molecule has 0 aromatic heterocycles. The first-order valence-electron chi connectivity index (χ1n) is 9.02. The third-order valence-electron chi connectivity index (χ3n) is 4.66. The molecule has 142 valence electrons. The second-order valence-corrected chi connectivity index (χ2v) is 9.56. The molecular formula is C20H28NO4P. The molecule has 5 nitrogen and oxygen atoms in total. The number of benzene rings is 1. The molecular weight excluding hydrogens is 349 g/mol. The fourth-order valence-electron chi connectivity index (χ4n) is 3.12. The number of hydrogen-bond donors (Lipinski definition) is 0. The summed E-state index contributed by atoms with van der Waals surface area (Å²) in [5.41, 5.74) is 1.25. The maximum atomic E-state index is 13.0. The van der Waals surface area contributed by atoms with Crippen molar-refractivity contribution in [3.05, 3.63) is 54.4 Å². The highest BCUT2D eigenvalue weighted by atomic mass is 31.2. The van der Waals surface area contributed by atoms with Gasteiger partial charge >= 0.3 is 6.09 Å². The summed E-state index contributed by atoms with van der Waals surface area (Å²) in [6, 6.07) is 7.64. The lowest BCUT2D eigenvalue weighted by Crippen LogP contribution is -2.39. The number of allylic oxidation sites excluding steroid dienone is 2. The van der Waals surface area contributed by atoms with Gasteiger partial charge in [-0.1, -0.05) is 45.0 Å². The summed E-state index contributed by atoms with van der Waals surface area (Å²) in [5.74, 6) is 0.276. The first kappa shape index (κ1) is 20.3. The SMILES string of the molecule is C=CCC1(C)C=C(OP(=O)(CC)CC)N(C(=O)OCC)c2ccccc21. The van der Waals surface area contributed by atoms with Crippen molar-refractivity contribution in [1.82, 2.24) is 0 Å². The van der Waals surface area contributed by atoms with Crippen LogP contribution in [0.5, 0.6) is 0 Å². The summed E-state index contributed by atoms with van der Waals surface area (Å²) in [6.07, 6.45) is 4.63. The molecule has 1 amide bonds. The fourth-order valence-corrected chi connectivity index (χ4v) is 4.30. The summed E-state index contributed by atoms with van der Waals surface area (Å²) in [5, 5.41) is 0. The van der Waals surface area contributed by atoms with Gasteiger partial charge in [-0.15, -0.1) is 6.58 Å². The maximum absolute atomic E-state index is 13.0. The quantitative estimate of drug-likeness (QED) is 0.454. The van der Waals surface area contributed by atoms with Crippen molar-refractivity contribution in [3.63, 3.8) is 0 Å². The Morgan fingerprint density at radius 3 is 2.50 bits per heavy atom. The monoisotopic (exact) mass is 377 g/mol. The number of nitrogens with zero attached hydrogens (tertiary/aromatic N) is 1. The number of anilines is 1. The van der Waals surface area contributed by atoms with Crippen molar-refractivity contribution >= 4 is 19.1 Å². The Morgan fingerprint density at radius 1 is 1.27 bits per heavy atom. The molecule has 0 bridgehead atoms. The summed E-state index contributed by atoms with van der Waals surface area (Å²) < 4.78 is 24.2. The largest absolute Gasteiger partial charge is 0.449 e. The fraction of sp³-hybridized carbons (Fsp3) is 0.450. The van der Waals surface area contributed by atoms with Gasteiger partial charge < -0.3 is 9.26 Å². The van der Waals surface area contributed by atoms with Gasteiger partial charge in [0.05, 0.1) is 12.3 Å². The van der Waals surface area contributed by atoms with Crippen LogP contribution in [0.15, 0.2) is 48.9 Å². The molecule has 0 aliphatic carbocycles. The molecule has 6 heteroatoms. The second-order valence-electron chi connectivity index (χ2n) is 6.48. The van der Waals surface area contributed by atoms with Crippen molar-refractivity contribution in [3.8, 4) is 0 Å². The van der Waals surface area contributed by atoms with E-state index in [2.05, 4.69) is 13.5 Å². The number of carbonyl (C=O) groups excluding carboxylic acids is 1. The van der Waals surface area contributed by atoms with Crippen LogP contribution in [0.4, 0.5) is 10.5 Å². The smallest absolute Gasteiger partial charge is 0.421 e. The molecule has 1 heterocycles. The molecule has 1 aromatic rings. The molecule has 1 aliphatic heterocycles. The number of para-hydroxylation sites is 1. The molecule has 0 N–H and O–H groups in total. The predicted octanol–water partition coefficient (Wildman–Crippen LogP) is 5.67. The predicted molar refractivity (Wildman–Crippen MR) is 106 cm³/mol. The van der Waals surface area contributed by atoms with Gasteiger partial charge in [-0.25, -0.2) is 9.69 Å². The van der Waals surface area contributed by atoms with Gasteiger partial charge in [-0.05, 0) is 31.1 Å². The minimum Gasteiger partial charge on any atom is -0.449 e. The molecule has 26 heavy (non-hydrogen) atoms. The van der Waals surface area contributed by atoms with Crippen molar-refractivity contribution in [1.29, 1.82) is 0 Å². The van der Waals surface area contributed by atoms with E-state index in [1.807, 2.05) is 50.3 Å². The molecule has 1 atom stereocenters. The van der Waals surface area contributed by atoms with E-state index in [0.29, 0.717) is 24.4 Å². The highest BCUT2D eigenvalue weighted by Crippen LogP contribution is 2.52. The number of ether oxygens (including phenoxy) is 1. The summed E-state index contributed by atoms with van der Waals surface area (Å²) in [7, 11) is -2.88. The van der Waals surface area contributed by atoms with Gasteiger partial charge in [0.2, 0.25) is 13.3 Å². The molecule has 1 unspecified atom stereocenters. The van der Waals surface area contributed by atoms with Gasteiger partial charge in [0, 0.05) is 17.7 Å². The van der Waals surface area contributed by atoms with E-state index in [1.165, 1.54) is 4.90 Å². The van der Waals surface area contributed by atoms with Crippen molar-refractivity contribution in [2.75, 3.05) is 23.8 Å². The van der Waals surface area contributed by atoms with Crippen molar-refractivity contribution < 1.29 is 18.6 Å². The topological polar surface area (TPSA) is 55.8 Å². The second kappa shape index (κ2) is 8.13. The van der Waals surface area contributed by atoms with E-state index in [9.17, 15) is 9.36 Å². The number of fused-ring (bicyclic) bond motifs is 1. The zero-order valence-corrected chi connectivity index (χ0v) is 16.9.